The number of carbonyl (C=O) groups excluding carboxylic acids is 2. The standard InChI is InChI=1S/C19H18O7/c20-15-16(26-18(22)13-9-5-2-6-10-13)14(25-19(15)23)11-24-17(21)12-7-3-1-4-8-12/h1-10,14-16,19-20,23H,11H2/t14-,15?,16-,19+/m1/s1. The summed E-state index contributed by atoms with van der Waals surface area (Å²) in [6, 6.07) is 16.6. The van der Waals surface area contributed by atoms with Crippen LogP contribution >= 0.6 is 0 Å². The van der Waals surface area contributed by atoms with Crippen molar-refractivity contribution in [3.8, 4) is 0 Å². The number of rotatable bonds is 5. The van der Waals surface area contributed by atoms with Gasteiger partial charge in [-0.3, -0.25) is 0 Å². The Labute approximate surface area is 149 Å². The normalized spacial score (nSPS) is 24.8. The molecule has 0 amide bonds. The number of aliphatic hydroxyl groups excluding tert-OH is 2. The zero-order chi connectivity index (χ0) is 18.5. The maximum atomic E-state index is 12.2. The summed E-state index contributed by atoms with van der Waals surface area (Å²) in [5.74, 6) is -1.26. The average Bonchev–Trinajstić information content (AvgIpc) is 2.95. The van der Waals surface area contributed by atoms with Gasteiger partial charge in [-0.15, -0.1) is 0 Å². The number of carbonyl (C=O) groups is 2. The van der Waals surface area contributed by atoms with Crippen molar-refractivity contribution < 1.29 is 34.0 Å². The molecule has 3 rings (SSSR count). The van der Waals surface area contributed by atoms with E-state index in [2.05, 4.69) is 0 Å². The van der Waals surface area contributed by atoms with E-state index in [9.17, 15) is 19.8 Å². The van der Waals surface area contributed by atoms with Crippen molar-refractivity contribution in [2.75, 3.05) is 6.61 Å². The van der Waals surface area contributed by atoms with Crippen molar-refractivity contribution in [3.05, 3.63) is 71.8 Å². The molecule has 2 N–H and O–H groups in total. The van der Waals surface area contributed by atoms with Gasteiger partial charge in [0.2, 0.25) is 0 Å². The predicted octanol–water partition coefficient (Wildman–Crippen LogP) is 1.15. The van der Waals surface area contributed by atoms with Gasteiger partial charge >= 0.3 is 11.9 Å². The Balaban J connectivity index is 1.63. The van der Waals surface area contributed by atoms with Crippen LogP contribution in [0.25, 0.3) is 0 Å². The molecule has 1 aliphatic heterocycles. The van der Waals surface area contributed by atoms with Gasteiger partial charge in [-0.25, -0.2) is 9.59 Å². The molecule has 1 aliphatic rings. The second-order valence-corrected chi connectivity index (χ2v) is 5.76. The topological polar surface area (TPSA) is 102 Å². The van der Waals surface area contributed by atoms with E-state index in [1.807, 2.05) is 0 Å². The van der Waals surface area contributed by atoms with E-state index < -0.39 is 36.5 Å². The van der Waals surface area contributed by atoms with Gasteiger partial charge in [-0.1, -0.05) is 36.4 Å². The zero-order valence-electron chi connectivity index (χ0n) is 13.7. The minimum absolute atomic E-state index is 0.283. The zero-order valence-corrected chi connectivity index (χ0v) is 13.7. The van der Waals surface area contributed by atoms with Crippen LogP contribution in [0.15, 0.2) is 60.7 Å². The van der Waals surface area contributed by atoms with Gasteiger partial charge < -0.3 is 24.4 Å². The fourth-order valence-corrected chi connectivity index (χ4v) is 2.58. The molecule has 2 aromatic rings. The van der Waals surface area contributed by atoms with Crippen LogP contribution in [-0.4, -0.2) is 53.4 Å². The van der Waals surface area contributed by atoms with Crippen LogP contribution in [0.3, 0.4) is 0 Å². The van der Waals surface area contributed by atoms with E-state index >= 15 is 0 Å². The summed E-state index contributed by atoms with van der Waals surface area (Å²) in [5.41, 5.74) is 0.644. The summed E-state index contributed by atoms with van der Waals surface area (Å²) in [7, 11) is 0. The van der Waals surface area contributed by atoms with Crippen molar-refractivity contribution in [2.24, 2.45) is 0 Å². The molecule has 0 aliphatic carbocycles. The van der Waals surface area contributed by atoms with Gasteiger partial charge in [0, 0.05) is 0 Å². The Morgan fingerprint density at radius 1 is 0.885 bits per heavy atom. The molecule has 0 spiro atoms. The average molecular weight is 358 g/mol. The second kappa shape index (κ2) is 8.09. The number of aliphatic hydroxyl groups is 2. The van der Waals surface area contributed by atoms with Crippen LogP contribution in [0.1, 0.15) is 20.7 Å². The van der Waals surface area contributed by atoms with Crippen LogP contribution in [0.2, 0.25) is 0 Å². The third kappa shape index (κ3) is 4.08. The number of esters is 2. The first-order valence-electron chi connectivity index (χ1n) is 8.06. The highest BCUT2D eigenvalue weighted by Gasteiger charge is 2.46. The van der Waals surface area contributed by atoms with Crippen molar-refractivity contribution in [3.63, 3.8) is 0 Å². The van der Waals surface area contributed by atoms with E-state index in [4.69, 9.17) is 14.2 Å². The van der Waals surface area contributed by atoms with E-state index in [0.717, 1.165) is 0 Å². The van der Waals surface area contributed by atoms with Crippen molar-refractivity contribution >= 4 is 11.9 Å². The molecule has 26 heavy (non-hydrogen) atoms. The molecule has 1 heterocycles. The second-order valence-electron chi connectivity index (χ2n) is 5.76. The minimum Gasteiger partial charge on any atom is -0.459 e. The number of hydrogen-bond donors (Lipinski definition) is 2. The molecule has 0 saturated carbocycles. The van der Waals surface area contributed by atoms with Crippen molar-refractivity contribution in [2.45, 2.75) is 24.6 Å². The molecule has 1 fully saturated rings. The lowest BCUT2D eigenvalue weighted by Gasteiger charge is -2.20. The maximum Gasteiger partial charge on any atom is 0.338 e. The van der Waals surface area contributed by atoms with Gasteiger partial charge in [0.25, 0.3) is 0 Å². The Morgan fingerprint density at radius 3 is 2.00 bits per heavy atom. The first kappa shape index (κ1) is 18.1. The third-order valence-electron chi connectivity index (χ3n) is 3.95. The number of ether oxygens (including phenoxy) is 3. The molecule has 0 aromatic heterocycles. The third-order valence-corrected chi connectivity index (χ3v) is 3.95. The Hall–Kier alpha value is -2.74. The molecule has 7 nitrogen and oxygen atoms in total. The smallest absolute Gasteiger partial charge is 0.338 e. The highest BCUT2D eigenvalue weighted by Crippen LogP contribution is 2.24. The first-order valence-corrected chi connectivity index (χ1v) is 8.06. The molecule has 136 valence electrons. The molecule has 4 atom stereocenters. The molecule has 0 radical (unpaired) electrons. The highest BCUT2D eigenvalue weighted by molar-refractivity contribution is 5.90. The van der Waals surface area contributed by atoms with E-state index in [1.165, 1.54) is 0 Å². The van der Waals surface area contributed by atoms with Gasteiger partial charge in [-0.2, -0.15) is 0 Å². The quantitative estimate of drug-likeness (QED) is 0.773. The largest absolute Gasteiger partial charge is 0.459 e. The van der Waals surface area contributed by atoms with Crippen LogP contribution < -0.4 is 0 Å². The Bertz CT molecular complexity index is 747. The van der Waals surface area contributed by atoms with Crippen LogP contribution in [0.4, 0.5) is 0 Å². The van der Waals surface area contributed by atoms with Crippen LogP contribution in [0, 0.1) is 0 Å². The fourth-order valence-electron chi connectivity index (χ4n) is 2.58. The lowest BCUT2D eigenvalue weighted by molar-refractivity contribution is -0.133. The molecule has 1 saturated heterocycles. The SMILES string of the molecule is O=C(OC[C@H]1O[C@H](O)C(O)[C@@H]1OC(=O)c1ccccc1)c1ccccc1. The predicted molar refractivity (Wildman–Crippen MR) is 89.3 cm³/mol. The lowest BCUT2D eigenvalue weighted by Crippen LogP contribution is -2.39. The van der Waals surface area contributed by atoms with Gasteiger partial charge in [0.05, 0.1) is 11.1 Å². The monoisotopic (exact) mass is 358 g/mol. The summed E-state index contributed by atoms with van der Waals surface area (Å²) in [6.07, 6.45) is -5.13. The van der Waals surface area contributed by atoms with E-state index in [0.29, 0.717) is 11.1 Å². The fraction of sp³-hybridized carbons (Fsp3) is 0.263. The van der Waals surface area contributed by atoms with Crippen molar-refractivity contribution in [1.29, 1.82) is 0 Å². The summed E-state index contributed by atoms with van der Waals surface area (Å²) < 4.78 is 15.6. The van der Waals surface area contributed by atoms with E-state index in [1.54, 1.807) is 60.7 Å². The maximum absolute atomic E-state index is 12.2. The summed E-state index contributed by atoms with van der Waals surface area (Å²) in [6.45, 7) is -0.283. The summed E-state index contributed by atoms with van der Waals surface area (Å²) >= 11 is 0. The van der Waals surface area contributed by atoms with E-state index in [-0.39, 0.29) is 6.61 Å². The first-order chi connectivity index (χ1) is 12.6. The number of benzene rings is 2. The summed E-state index contributed by atoms with van der Waals surface area (Å²) in [4.78, 5) is 24.2. The lowest BCUT2D eigenvalue weighted by atomic mass is 10.1. The minimum atomic E-state index is -1.54. The molecular weight excluding hydrogens is 340 g/mol. The van der Waals surface area contributed by atoms with Crippen LogP contribution in [0.5, 0.6) is 0 Å². The Kier molecular flexibility index (Phi) is 5.62. The molecular formula is C19H18O7. The molecule has 2 aromatic carbocycles. The van der Waals surface area contributed by atoms with Crippen molar-refractivity contribution in [1.82, 2.24) is 0 Å². The van der Waals surface area contributed by atoms with Gasteiger partial charge in [-0.05, 0) is 24.3 Å². The Morgan fingerprint density at radius 2 is 1.42 bits per heavy atom. The molecule has 0 bridgehead atoms. The van der Waals surface area contributed by atoms with Crippen LogP contribution in [-0.2, 0) is 14.2 Å². The summed E-state index contributed by atoms with van der Waals surface area (Å²) in [5, 5.41) is 19.7. The molecule has 7 heteroatoms. The highest BCUT2D eigenvalue weighted by atomic mass is 16.7. The molecule has 1 unspecified atom stereocenters. The van der Waals surface area contributed by atoms with Gasteiger partial charge in [0.15, 0.2) is 12.4 Å². The van der Waals surface area contributed by atoms with Gasteiger partial charge in [0.1, 0.15) is 18.8 Å². The number of hydrogen-bond acceptors (Lipinski definition) is 7.